The molecule has 7 nitrogen and oxygen atoms in total. The van der Waals surface area contributed by atoms with Crippen molar-refractivity contribution < 1.29 is 28.6 Å². The number of allylic oxidation sites excluding steroid dienone is 4. The Balaban J connectivity index is 2.25. The molecule has 0 radical (unpaired) electrons. The highest BCUT2D eigenvalue weighted by Crippen LogP contribution is 2.14. The highest BCUT2D eigenvalue weighted by Gasteiger charge is 2.20. The van der Waals surface area contributed by atoms with E-state index in [1.807, 2.05) is 0 Å². The van der Waals surface area contributed by atoms with Gasteiger partial charge in [-0.3, -0.25) is 14.6 Å². The number of rotatable bonds is 34. The number of carbonyl (C=O) groups excluding carboxylic acids is 3. The Morgan fingerprint density at radius 3 is 1.64 bits per heavy atom. The average molecular weight is 698 g/mol. The molecule has 0 aromatic carbocycles. The molecule has 0 bridgehead atoms. The van der Waals surface area contributed by atoms with Crippen molar-refractivity contribution in [3.05, 3.63) is 54.4 Å². The molecule has 1 aromatic rings. The zero-order valence-electron chi connectivity index (χ0n) is 31.9. The molecule has 1 atom stereocenters. The summed E-state index contributed by atoms with van der Waals surface area (Å²) in [6, 6.07) is 3.26. The average Bonchev–Trinajstić information content (AvgIpc) is 3.13. The molecule has 0 N–H and O–H groups in total. The van der Waals surface area contributed by atoms with Crippen molar-refractivity contribution in [2.45, 2.75) is 187 Å². The monoisotopic (exact) mass is 698 g/mol. The van der Waals surface area contributed by atoms with Crippen molar-refractivity contribution in [1.29, 1.82) is 0 Å². The van der Waals surface area contributed by atoms with Crippen LogP contribution in [-0.4, -0.2) is 42.2 Å². The van der Waals surface area contributed by atoms with E-state index >= 15 is 0 Å². The summed E-state index contributed by atoms with van der Waals surface area (Å²) in [6.07, 6.45) is 40.1. The van der Waals surface area contributed by atoms with Crippen molar-refractivity contribution in [3.8, 4) is 0 Å². The summed E-state index contributed by atoms with van der Waals surface area (Å²) in [4.78, 5) is 41.4. The van der Waals surface area contributed by atoms with Crippen molar-refractivity contribution in [3.63, 3.8) is 0 Å². The van der Waals surface area contributed by atoms with Gasteiger partial charge in [-0.25, -0.2) is 4.79 Å². The second-order valence-corrected chi connectivity index (χ2v) is 13.6. The van der Waals surface area contributed by atoms with E-state index in [0.29, 0.717) is 12.0 Å². The molecule has 1 rings (SSSR count). The standard InChI is InChI=1S/C43H71NO6/c1-3-5-7-9-11-13-15-17-18-20-22-24-26-28-30-34-42(46)50-40(38-49-43(47)39-32-31-35-44-36-39)37-48-41(45)33-29-27-25-23-21-19-16-14-12-10-8-6-4-2/h11,13,17-18,31-32,35-36,40H,3-10,12,14-16,19-30,33-34,37-38H2,1-2H3/b13-11-,18-17-/t40-/m0/s1. The van der Waals surface area contributed by atoms with Gasteiger partial charge in [0.05, 0.1) is 5.56 Å². The first-order chi connectivity index (χ1) is 24.6. The molecule has 7 heteroatoms. The van der Waals surface area contributed by atoms with Gasteiger partial charge in [0, 0.05) is 25.2 Å². The van der Waals surface area contributed by atoms with E-state index in [1.165, 1.54) is 96.1 Å². The molecule has 0 aliphatic rings. The topological polar surface area (TPSA) is 91.8 Å². The molecular weight excluding hydrogens is 626 g/mol. The molecule has 1 heterocycles. The third-order valence-electron chi connectivity index (χ3n) is 8.84. The molecule has 0 spiro atoms. The molecule has 0 unspecified atom stereocenters. The maximum absolute atomic E-state index is 12.6. The quantitative estimate of drug-likeness (QED) is 0.0306. The summed E-state index contributed by atoms with van der Waals surface area (Å²) in [5.41, 5.74) is 0.308. The van der Waals surface area contributed by atoms with Crippen LogP contribution in [-0.2, 0) is 23.8 Å². The molecule has 0 aliphatic heterocycles. The first-order valence-electron chi connectivity index (χ1n) is 20.3. The highest BCUT2D eigenvalue weighted by atomic mass is 16.6. The summed E-state index contributed by atoms with van der Waals surface area (Å²) in [5.74, 6) is -1.25. The predicted octanol–water partition coefficient (Wildman–Crippen LogP) is 12.0. The summed E-state index contributed by atoms with van der Waals surface area (Å²) in [6.45, 7) is 4.17. The predicted molar refractivity (Wildman–Crippen MR) is 205 cm³/mol. The van der Waals surface area contributed by atoms with Gasteiger partial charge in [0.15, 0.2) is 6.10 Å². The lowest BCUT2D eigenvalue weighted by atomic mass is 10.0. The smallest absolute Gasteiger partial charge is 0.339 e. The van der Waals surface area contributed by atoms with Gasteiger partial charge in [0.1, 0.15) is 13.2 Å². The number of hydrogen-bond acceptors (Lipinski definition) is 7. The summed E-state index contributed by atoms with van der Waals surface area (Å²) in [7, 11) is 0. The minimum absolute atomic E-state index is 0.133. The minimum atomic E-state index is -0.850. The SMILES string of the molecule is CCCCC/C=C\C/C=C\CCCCCCCC(=O)O[C@@H](COC(=O)CCCCCCCCCCCCCCC)COC(=O)c1cccnc1. The van der Waals surface area contributed by atoms with E-state index in [1.54, 1.807) is 18.3 Å². The summed E-state index contributed by atoms with van der Waals surface area (Å²) in [5, 5.41) is 0. The van der Waals surface area contributed by atoms with Gasteiger partial charge in [-0.1, -0.05) is 147 Å². The lowest BCUT2D eigenvalue weighted by molar-refractivity contribution is -0.161. The third kappa shape index (κ3) is 28.8. The Bertz CT molecular complexity index is 1010. The van der Waals surface area contributed by atoms with Crippen LogP contribution in [0.25, 0.3) is 0 Å². The summed E-state index contributed by atoms with van der Waals surface area (Å²) >= 11 is 0. The van der Waals surface area contributed by atoms with Gasteiger partial charge in [0.25, 0.3) is 0 Å². The third-order valence-corrected chi connectivity index (χ3v) is 8.84. The van der Waals surface area contributed by atoms with E-state index in [2.05, 4.69) is 43.1 Å². The zero-order chi connectivity index (χ0) is 36.2. The van der Waals surface area contributed by atoms with Crippen LogP contribution in [0.5, 0.6) is 0 Å². The fourth-order valence-electron chi connectivity index (χ4n) is 5.72. The molecule has 0 aliphatic carbocycles. The van der Waals surface area contributed by atoms with Crippen LogP contribution in [0.4, 0.5) is 0 Å². The van der Waals surface area contributed by atoms with Gasteiger partial charge < -0.3 is 14.2 Å². The van der Waals surface area contributed by atoms with Crippen LogP contribution in [0.2, 0.25) is 0 Å². The Morgan fingerprint density at radius 1 is 0.600 bits per heavy atom. The lowest BCUT2D eigenvalue weighted by Crippen LogP contribution is -2.31. The van der Waals surface area contributed by atoms with Gasteiger partial charge >= 0.3 is 17.9 Å². The van der Waals surface area contributed by atoms with Gasteiger partial charge in [-0.2, -0.15) is 0 Å². The molecule has 0 saturated carbocycles. The maximum Gasteiger partial charge on any atom is 0.339 e. The van der Waals surface area contributed by atoms with Gasteiger partial charge in [0.2, 0.25) is 0 Å². The van der Waals surface area contributed by atoms with Crippen LogP contribution >= 0.6 is 0 Å². The molecule has 0 saturated heterocycles. The normalized spacial score (nSPS) is 12.0. The van der Waals surface area contributed by atoms with Crippen LogP contribution in [0.3, 0.4) is 0 Å². The van der Waals surface area contributed by atoms with Gasteiger partial charge in [-0.05, 0) is 57.1 Å². The van der Waals surface area contributed by atoms with Crippen LogP contribution in [0.15, 0.2) is 48.8 Å². The Morgan fingerprint density at radius 2 is 1.08 bits per heavy atom. The highest BCUT2D eigenvalue weighted by molar-refractivity contribution is 5.88. The van der Waals surface area contributed by atoms with Gasteiger partial charge in [-0.15, -0.1) is 0 Å². The first kappa shape index (κ1) is 45.1. The largest absolute Gasteiger partial charge is 0.462 e. The first-order valence-corrected chi connectivity index (χ1v) is 20.3. The van der Waals surface area contributed by atoms with Crippen molar-refractivity contribution >= 4 is 17.9 Å². The fourth-order valence-corrected chi connectivity index (χ4v) is 5.72. The van der Waals surface area contributed by atoms with E-state index < -0.39 is 12.1 Å². The molecule has 0 amide bonds. The van der Waals surface area contributed by atoms with Crippen molar-refractivity contribution in [2.75, 3.05) is 13.2 Å². The number of esters is 3. The second kappa shape index (κ2) is 34.5. The second-order valence-electron chi connectivity index (χ2n) is 13.6. The molecular formula is C43H71NO6. The maximum atomic E-state index is 12.6. The number of unbranched alkanes of at least 4 members (excludes halogenated alkanes) is 20. The minimum Gasteiger partial charge on any atom is -0.462 e. The molecule has 284 valence electrons. The van der Waals surface area contributed by atoms with E-state index in [-0.39, 0.29) is 31.6 Å². The van der Waals surface area contributed by atoms with Crippen molar-refractivity contribution in [2.24, 2.45) is 0 Å². The summed E-state index contributed by atoms with van der Waals surface area (Å²) < 4.78 is 16.4. The number of carbonyl (C=O) groups is 3. The number of hydrogen-bond donors (Lipinski definition) is 0. The number of nitrogens with zero attached hydrogens (tertiary/aromatic N) is 1. The Labute approximate surface area is 305 Å². The van der Waals surface area contributed by atoms with Crippen molar-refractivity contribution in [1.82, 2.24) is 4.98 Å². The Kier molecular flexibility index (Phi) is 31.1. The molecule has 1 aromatic heterocycles. The van der Waals surface area contributed by atoms with Crippen LogP contribution in [0.1, 0.15) is 191 Å². The van der Waals surface area contributed by atoms with E-state index in [0.717, 1.165) is 64.2 Å². The zero-order valence-corrected chi connectivity index (χ0v) is 31.9. The van der Waals surface area contributed by atoms with E-state index in [4.69, 9.17) is 14.2 Å². The van der Waals surface area contributed by atoms with E-state index in [9.17, 15) is 14.4 Å². The number of ether oxygens (including phenoxy) is 3. The lowest BCUT2D eigenvalue weighted by Gasteiger charge is -2.18. The molecule has 50 heavy (non-hydrogen) atoms. The Hall–Kier alpha value is -2.96. The fraction of sp³-hybridized carbons (Fsp3) is 0.721. The number of aromatic nitrogens is 1. The van der Waals surface area contributed by atoms with Crippen LogP contribution in [0, 0.1) is 0 Å². The number of pyridine rings is 1. The molecule has 0 fully saturated rings. The van der Waals surface area contributed by atoms with Crippen LogP contribution < -0.4 is 0 Å².